The highest BCUT2D eigenvalue weighted by Crippen LogP contribution is 2.24. The average Bonchev–Trinajstić information content (AvgIpc) is 2.34. The van der Waals surface area contributed by atoms with E-state index in [9.17, 15) is 0 Å². The number of hydrogen-bond donors (Lipinski definition) is 0. The van der Waals surface area contributed by atoms with Crippen LogP contribution in [-0.2, 0) is 6.42 Å². The molecule has 0 saturated carbocycles. The molecule has 17 heavy (non-hydrogen) atoms. The SMILES string of the molecule is Clc1ccccc1CCOc1ccccc1Br. The van der Waals surface area contributed by atoms with Crippen LogP contribution in [0.1, 0.15) is 5.56 Å². The van der Waals surface area contributed by atoms with Crippen molar-refractivity contribution in [1.82, 2.24) is 0 Å². The molecule has 0 amide bonds. The minimum atomic E-state index is 0.617. The molecule has 0 fully saturated rings. The molecule has 0 aliphatic carbocycles. The summed E-state index contributed by atoms with van der Waals surface area (Å²) in [6.45, 7) is 0.617. The third-order valence-electron chi connectivity index (χ3n) is 2.42. The van der Waals surface area contributed by atoms with E-state index >= 15 is 0 Å². The van der Waals surface area contributed by atoms with Gasteiger partial charge >= 0.3 is 0 Å². The first-order valence-corrected chi connectivity index (χ1v) is 6.55. The van der Waals surface area contributed by atoms with Gasteiger partial charge in [-0.1, -0.05) is 41.9 Å². The molecule has 0 aliphatic rings. The number of halogens is 2. The molecule has 2 aromatic rings. The highest BCUT2D eigenvalue weighted by molar-refractivity contribution is 9.10. The number of para-hydroxylation sites is 1. The highest BCUT2D eigenvalue weighted by Gasteiger charge is 2.01. The molecule has 88 valence electrons. The van der Waals surface area contributed by atoms with Crippen molar-refractivity contribution in [2.45, 2.75) is 6.42 Å². The van der Waals surface area contributed by atoms with E-state index in [1.165, 1.54) is 0 Å². The van der Waals surface area contributed by atoms with E-state index in [2.05, 4.69) is 15.9 Å². The van der Waals surface area contributed by atoms with Crippen LogP contribution in [0.5, 0.6) is 5.75 Å². The summed E-state index contributed by atoms with van der Waals surface area (Å²) in [6.07, 6.45) is 0.807. The molecule has 0 N–H and O–H groups in total. The summed E-state index contributed by atoms with van der Waals surface area (Å²) in [5.74, 6) is 0.861. The Morgan fingerprint density at radius 3 is 2.47 bits per heavy atom. The maximum atomic E-state index is 6.07. The van der Waals surface area contributed by atoms with E-state index in [0.29, 0.717) is 6.61 Å². The summed E-state index contributed by atoms with van der Waals surface area (Å²) in [4.78, 5) is 0. The van der Waals surface area contributed by atoms with E-state index in [1.807, 2.05) is 48.5 Å². The van der Waals surface area contributed by atoms with E-state index < -0.39 is 0 Å². The molecule has 0 spiro atoms. The van der Waals surface area contributed by atoms with Crippen molar-refractivity contribution in [3.8, 4) is 5.75 Å². The lowest BCUT2D eigenvalue weighted by Gasteiger charge is -2.08. The van der Waals surface area contributed by atoms with Gasteiger partial charge in [0.25, 0.3) is 0 Å². The van der Waals surface area contributed by atoms with Gasteiger partial charge in [-0.15, -0.1) is 0 Å². The fourth-order valence-electron chi connectivity index (χ4n) is 1.53. The summed E-state index contributed by atoms with van der Waals surface area (Å²) in [5, 5.41) is 0.795. The molecule has 0 aliphatic heterocycles. The van der Waals surface area contributed by atoms with Gasteiger partial charge in [0, 0.05) is 11.4 Å². The monoisotopic (exact) mass is 310 g/mol. The van der Waals surface area contributed by atoms with Crippen LogP contribution >= 0.6 is 27.5 Å². The lowest BCUT2D eigenvalue weighted by molar-refractivity contribution is 0.320. The van der Waals surface area contributed by atoms with E-state index in [4.69, 9.17) is 16.3 Å². The molecule has 1 nitrogen and oxygen atoms in total. The van der Waals surface area contributed by atoms with Gasteiger partial charge in [0.05, 0.1) is 11.1 Å². The van der Waals surface area contributed by atoms with Crippen molar-refractivity contribution in [3.05, 3.63) is 63.6 Å². The van der Waals surface area contributed by atoms with Gasteiger partial charge in [0.1, 0.15) is 5.75 Å². The van der Waals surface area contributed by atoms with E-state index in [-0.39, 0.29) is 0 Å². The number of ether oxygens (including phenoxy) is 1. The largest absolute Gasteiger partial charge is 0.492 e. The highest BCUT2D eigenvalue weighted by atomic mass is 79.9. The normalized spacial score (nSPS) is 10.2. The van der Waals surface area contributed by atoms with Gasteiger partial charge in [-0.3, -0.25) is 0 Å². The fraction of sp³-hybridized carbons (Fsp3) is 0.143. The quantitative estimate of drug-likeness (QED) is 0.793. The Balaban J connectivity index is 1.93. The summed E-state index contributed by atoms with van der Waals surface area (Å²) in [7, 11) is 0. The van der Waals surface area contributed by atoms with Gasteiger partial charge < -0.3 is 4.74 Å². The van der Waals surface area contributed by atoms with Crippen molar-refractivity contribution >= 4 is 27.5 Å². The molecule has 0 radical (unpaired) electrons. The first-order valence-electron chi connectivity index (χ1n) is 5.38. The Bertz CT molecular complexity index is 454. The second-order valence-electron chi connectivity index (χ2n) is 3.62. The maximum Gasteiger partial charge on any atom is 0.133 e. The molecule has 2 rings (SSSR count). The lowest BCUT2D eigenvalue weighted by atomic mass is 10.2. The lowest BCUT2D eigenvalue weighted by Crippen LogP contribution is -2.02. The number of hydrogen-bond acceptors (Lipinski definition) is 1. The summed E-state index contributed by atoms with van der Waals surface area (Å²) < 4.78 is 6.66. The van der Waals surface area contributed by atoms with Crippen LogP contribution in [0.15, 0.2) is 53.0 Å². The molecule has 0 bridgehead atoms. The van der Waals surface area contributed by atoms with Crippen LogP contribution < -0.4 is 4.74 Å². The van der Waals surface area contributed by atoms with Gasteiger partial charge in [-0.2, -0.15) is 0 Å². The van der Waals surface area contributed by atoms with Crippen molar-refractivity contribution in [2.24, 2.45) is 0 Å². The van der Waals surface area contributed by atoms with Crippen LogP contribution in [0.3, 0.4) is 0 Å². The third-order valence-corrected chi connectivity index (χ3v) is 3.45. The van der Waals surface area contributed by atoms with Crippen molar-refractivity contribution < 1.29 is 4.74 Å². The van der Waals surface area contributed by atoms with Crippen LogP contribution in [0, 0.1) is 0 Å². The van der Waals surface area contributed by atoms with Crippen LogP contribution in [0.4, 0.5) is 0 Å². The van der Waals surface area contributed by atoms with Gasteiger partial charge in [-0.05, 0) is 39.7 Å². The van der Waals surface area contributed by atoms with Crippen LogP contribution in [0.25, 0.3) is 0 Å². The minimum Gasteiger partial charge on any atom is -0.492 e. The summed E-state index contributed by atoms with van der Waals surface area (Å²) in [5.41, 5.74) is 1.11. The summed E-state index contributed by atoms with van der Waals surface area (Å²) >= 11 is 9.52. The molecular weight excluding hydrogens is 300 g/mol. The Morgan fingerprint density at radius 2 is 1.71 bits per heavy atom. The predicted molar refractivity (Wildman–Crippen MR) is 74.8 cm³/mol. The second-order valence-corrected chi connectivity index (χ2v) is 4.88. The van der Waals surface area contributed by atoms with E-state index in [1.54, 1.807) is 0 Å². The van der Waals surface area contributed by atoms with E-state index in [0.717, 1.165) is 27.2 Å². The Kier molecular flexibility index (Phi) is 4.46. The topological polar surface area (TPSA) is 9.23 Å². The third kappa shape index (κ3) is 3.48. The fourth-order valence-corrected chi connectivity index (χ4v) is 2.16. The first-order chi connectivity index (χ1) is 8.27. The van der Waals surface area contributed by atoms with Gasteiger partial charge in [0.15, 0.2) is 0 Å². The molecule has 0 heterocycles. The molecule has 3 heteroatoms. The molecule has 2 aromatic carbocycles. The van der Waals surface area contributed by atoms with Crippen LogP contribution in [0.2, 0.25) is 5.02 Å². The standard InChI is InChI=1S/C14H12BrClO/c15-12-6-2-4-8-14(12)17-10-9-11-5-1-3-7-13(11)16/h1-8H,9-10H2. The molecule has 0 saturated heterocycles. The summed E-state index contributed by atoms with van der Waals surface area (Å²) in [6, 6.07) is 15.7. The first kappa shape index (κ1) is 12.5. The molecule has 0 aromatic heterocycles. The average molecular weight is 312 g/mol. The number of rotatable bonds is 4. The van der Waals surface area contributed by atoms with Gasteiger partial charge in [-0.25, -0.2) is 0 Å². The minimum absolute atomic E-state index is 0.617. The smallest absolute Gasteiger partial charge is 0.133 e. The predicted octanol–water partition coefficient (Wildman–Crippen LogP) is 4.72. The zero-order chi connectivity index (χ0) is 12.1. The zero-order valence-electron chi connectivity index (χ0n) is 9.20. The van der Waals surface area contributed by atoms with Crippen molar-refractivity contribution in [2.75, 3.05) is 6.61 Å². The van der Waals surface area contributed by atoms with Crippen molar-refractivity contribution in [3.63, 3.8) is 0 Å². The number of benzene rings is 2. The van der Waals surface area contributed by atoms with Crippen LogP contribution in [-0.4, -0.2) is 6.61 Å². The Morgan fingerprint density at radius 1 is 1.00 bits per heavy atom. The van der Waals surface area contributed by atoms with Gasteiger partial charge in [0.2, 0.25) is 0 Å². The molecule has 0 atom stereocenters. The Labute approximate surface area is 115 Å². The maximum absolute atomic E-state index is 6.07. The Hall–Kier alpha value is -0.990. The zero-order valence-corrected chi connectivity index (χ0v) is 11.5. The second kappa shape index (κ2) is 6.08. The molecular formula is C14H12BrClO. The van der Waals surface area contributed by atoms with Crippen molar-refractivity contribution in [1.29, 1.82) is 0 Å². The molecule has 0 unspecified atom stereocenters.